The van der Waals surface area contributed by atoms with Gasteiger partial charge in [0.2, 0.25) is 5.91 Å². The van der Waals surface area contributed by atoms with Gasteiger partial charge in [-0.2, -0.15) is 0 Å². The van der Waals surface area contributed by atoms with Gasteiger partial charge in [0.15, 0.2) is 0 Å². The quantitative estimate of drug-likeness (QED) is 0.926. The van der Waals surface area contributed by atoms with E-state index in [0.29, 0.717) is 5.92 Å². The lowest BCUT2D eigenvalue weighted by Crippen LogP contribution is -2.42. The Kier molecular flexibility index (Phi) is 4.44. The van der Waals surface area contributed by atoms with Crippen LogP contribution in [0.2, 0.25) is 0 Å². The van der Waals surface area contributed by atoms with Crippen molar-refractivity contribution in [3.8, 4) is 0 Å². The summed E-state index contributed by atoms with van der Waals surface area (Å²) in [6, 6.07) is 8.26. The Morgan fingerprint density at radius 1 is 1.43 bits per heavy atom. The molecule has 0 bridgehead atoms. The molecule has 114 valence electrons. The molecular formula is C17H24N2O2. The van der Waals surface area contributed by atoms with Crippen molar-refractivity contribution in [3.05, 3.63) is 29.8 Å². The van der Waals surface area contributed by atoms with Gasteiger partial charge in [-0.15, -0.1) is 0 Å². The van der Waals surface area contributed by atoms with Gasteiger partial charge in [-0.25, -0.2) is 0 Å². The molecule has 21 heavy (non-hydrogen) atoms. The topological polar surface area (TPSA) is 41.6 Å². The number of nitrogens with zero attached hydrogens (tertiary/aromatic N) is 1. The molecule has 3 rings (SSSR count). The van der Waals surface area contributed by atoms with E-state index in [0.717, 1.165) is 39.1 Å². The van der Waals surface area contributed by atoms with Crippen LogP contribution >= 0.6 is 0 Å². The highest BCUT2D eigenvalue weighted by Crippen LogP contribution is 2.25. The van der Waals surface area contributed by atoms with Gasteiger partial charge < -0.3 is 15.0 Å². The lowest BCUT2D eigenvalue weighted by Gasteiger charge is -2.32. The number of rotatable bonds is 3. The van der Waals surface area contributed by atoms with E-state index < -0.39 is 0 Å². The minimum atomic E-state index is 0.0504. The molecule has 4 heteroatoms. The number of carbonyl (C=O) groups excluding carboxylic acids is 1. The van der Waals surface area contributed by atoms with Gasteiger partial charge in [-0.1, -0.05) is 18.2 Å². The summed E-state index contributed by atoms with van der Waals surface area (Å²) < 4.78 is 5.50. The molecule has 2 atom stereocenters. The molecule has 0 saturated carbocycles. The van der Waals surface area contributed by atoms with E-state index in [1.54, 1.807) is 0 Å². The Balaban J connectivity index is 1.58. The van der Waals surface area contributed by atoms with E-state index in [1.807, 2.05) is 24.1 Å². The highest BCUT2D eigenvalue weighted by molar-refractivity contribution is 5.80. The second kappa shape index (κ2) is 6.48. The standard InChI is InChI=1S/C17H24N2O2/c1-19(11-13-5-4-8-21-12-13)17(20)15-9-14-6-2-3-7-16(14)18-10-15/h2-3,6-7,13,15,18H,4-5,8-12H2,1H3. The molecule has 0 aliphatic carbocycles. The van der Waals surface area contributed by atoms with E-state index in [-0.39, 0.29) is 11.8 Å². The van der Waals surface area contributed by atoms with Crippen LogP contribution in [0.25, 0.3) is 0 Å². The van der Waals surface area contributed by atoms with Crippen molar-refractivity contribution in [2.45, 2.75) is 19.3 Å². The van der Waals surface area contributed by atoms with Gasteiger partial charge >= 0.3 is 0 Å². The fourth-order valence-electron chi connectivity index (χ4n) is 3.36. The number of anilines is 1. The van der Waals surface area contributed by atoms with Gasteiger partial charge in [0.25, 0.3) is 0 Å². The Morgan fingerprint density at radius 2 is 2.29 bits per heavy atom. The third-order valence-corrected chi connectivity index (χ3v) is 4.53. The Bertz CT molecular complexity index is 497. The van der Waals surface area contributed by atoms with Gasteiger partial charge in [0.05, 0.1) is 12.5 Å². The normalized spacial score (nSPS) is 24.8. The van der Waals surface area contributed by atoms with Gasteiger partial charge in [-0.3, -0.25) is 4.79 Å². The van der Waals surface area contributed by atoms with Crippen LogP contribution < -0.4 is 5.32 Å². The third-order valence-electron chi connectivity index (χ3n) is 4.53. The summed E-state index contributed by atoms with van der Waals surface area (Å²) in [7, 11) is 1.93. The number of benzene rings is 1. The van der Waals surface area contributed by atoms with Crippen LogP contribution in [0, 0.1) is 11.8 Å². The maximum Gasteiger partial charge on any atom is 0.227 e. The van der Waals surface area contributed by atoms with Gasteiger partial charge in [0.1, 0.15) is 0 Å². The number of para-hydroxylation sites is 1. The van der Waals surface area contributed by atoms with Crippen molar-refractivity contribution >= 4 is 11.6 Å². The van der Waals surface area contributed by atoms with Crippen LogP contribution in [-0.4, -0.2) is 44.2 Å². The Morgan fingerprint density at radius 3 is 3.10 bits per heavy atom. The van der Waals surface area contributed by atoms with Crippen molar-refractivity contribution in [3.63, 3.8) is 0 Å². The first-order valence-electron chi connectivity index (χ1n) is 7.88. The van der Waals surface area contributed by atoms with E-state index in [4.69, 9.17) is 4.74 Å². The zero-order valence-electron chi connectivity index (χ0n) is 12.7. The fourth-order valence-corrected chi connectivity index (χ4v) is 3.36. The lowest BCUT2D eigenvalue weighted by molar-refractivity contribution is -0.135. The number of nitrogens with one attached hydrogen (secondary N) is 1. The number of hydrogen-bond acceptors (Lipinski definition) is 3. The van der Waals surface area contributed by atoms with Gasteiger partial charge in [0, 0.05) is 32.4 Å². The monoisotopic (exact) mass is 288 g/mol. The fraction of sp³-hybridized carbons (Fsp3) is 0.588. The number of hydrogen-bond donors (Lipinski definition) is 1. The van der Waals surface area contributed by atoms with Crippen molar-refractivity contribution in [2.24, 2.45) is 11.8 Å². The second-order valence-corrected chi connectivity index (χ2v) is 6.24. The summed E-state index contributed by atoms with van der Waals surface area (Å²) in [4.78, 5) is 14.5. The first kappa shape index (κ1) is 14.4. The zero-order chi connectivity index (χ0) is 14.7. The summed E-state index contributed by atoms with van der Waals surface area (Å²) in [5.74, 6) is 0.800. The molecule has 4 nitrogen and oxygen atoms in total. The average Bonchev–Trinajstić information content (AvgIpc) is 2.54. The predicted octanol–water partition coefficient (Wildman–Crippen LogP) is 2.16. The van der Waals surface area contributed by atoms with Crippen LogP contribution in [0.1, 0.15) is 18.4 Å². The van der Waals surface area contributed by atoms with Crippen LogP contribution in [0.5, 0.6) is 0 Å². The number of ether oxygens (including phenoxy) is 1. The number of fused-ring (bicyclic) bond motifs is 1. The molecule has 1 amide bonds. The van der Waals surface area contributed by atoms with Crippen molar-refractivity contribution in [1.82, 2.24) is 4.90 Å². The molecule has 2 aliphatic rings. The minimum Gasteiger partial charge on any atom is -0.384 e. The highest BCUT2D eigenvalue weighted by atomic mass is 16.5. The number of amides is 1. The molecule has 1 fully saturated rings. The summed E-state index contributed by atoms with van der Waals surface area (Å²) in [6.07, 6.45) is 3.13. The summed E-state index contributed by atoms with van der Waals surface area (Å²) in [5.41, 5.74) is 2.42. The third kappa shape index (κ3) is 3.38. The van der Waals surface area contributed by atoms with Crippen LogP contribution in [0.4, 0.5) is 5.69 Å². The van der Waals surface area contributed by atoms with E-state index in [1.165, 1.54) is 17.7 Å². The molecule has 1 aromatic rings. The first-order chi connectivity index (χ1) is 10.2. The number of carbonyl (C=O) groups is 1. The molecule has 1 saturated heterocycles. The molecule has 0 spiro atoms. The Labute approximate surface area is 126 Å². The summed E-state index contributed by atoms with van der Waals surface area (Å²) >= 11 is 0. The van der Waals surface area contributed by atoms with Gasteiger partial charge in [-0.05, 0) is 36.8 Å². The van der Waals surface area contributed by atoms with Crippen molar-refractivity contribution < 1.29 is 9.53 Å². The molecule has 1 N–H and O–H groups in total. The Hall–Kier alpha value is -1.55. The minimum absolute atomic E-state index is 0.0504. The SMILES string of the molecule is CN(CC1CCCOC1)C(=O)C1CNc2ccccc2C1. The maximum absolute atomic E-state index is 12.6. The summed E-state index contributed by atoms with van der Waals surface area (Å²) in [5, 5.41) is 3.38. The zero-order valence-corrected chi connectivity index (χ0v) is 12.7. The molecule has 2 aliphatic heterocycles. The molecule has 0 radical (unpaired) electrons. The van der Waals surface area contributed by atoms with Crippen LogP contribution in [0.15, 0.2) is 24.3 Å². The lowest BCUT2D eigenvalue weighted by atomic mass is 9.92. The maximum atomic E-state index is 12.6. The molecule has 1 aromatic carbocycles. The predicted molar refractivity (Wildman–Crippen MR) is 83.3 cm³/mol. The second-order valence-electron chi connectivity index (χ2n) is 6.24. The average molecular weight is 288 g/mol. The van der Waals surface area contributed by atoms with Crippen molar-refractivity contribution in [1.29, 1.82) is 0 Å². The summed E-state index contributed by atoms with van der Waals surface area (Å²) in [6.45, 7) is 3.22. The van der Waals surface area contributed by atoms with Crippen LogP contribution in [-0.2, 0) is 16.0 Å². The largest absolute Gasteiger partial charge is 0.384 e. The van der Waals surface area contributed by atoms with E-state index >= 15 is 0 Å². The molecule has 2 unspecified atom stereocenters. The first-order valence-corrected chi connectivity index (χ1v) is 7.88. The van der Waals surface area contributed by atoms with E-state index in [2.05, 4.69) is 17.4 Å². The molecule has 0 aromatic heterocycles. The highest BCUT2D eigenvalue weighted by Gasteiger charge is 2.28. The van der Waals surface area contributed by atoms with Crippen molar-refractivity contribution in [2.75, 3.05) is 38.7 Å². The van der Waals surface area contributed by atoms with Crippen LogP contribution in [0.3, 0.4) is 0 Å². The van der Waals surface area contributed by atoms with E-state index in [9.17, 15) is 4.79 Å². The molecule has 2 heterocycles. The molecular weight excluding hydrogens is 264 g/mol. The smallest absolute Gasteiger partial charge is 0.227 e.